The second-order valence-electron chi connectivity index (χ2n) is 8.28. The monoisotopic (exact) mass is 414 g/mol. The molecular formula is C24H23FN6. The van der Waals surface area contributed by atoms with Crippen molar-refractivity contribution in [2.75, 3.05) is 25.0 Å². The predicted octanol–water partition coefficient (Wildman–Crippen LogP) is 3.70. The number of nitrogens with zero attached hydrogens (tertiary/aromatic N) is 5. The molecule has 1 fully saturated rings. The van der Waals surface area contributed by atoms with Gasteiger partial charge in [0.15, 0.2) is 5.82 Å². The highest BCUT2D eigenvalue weighted by Gasteiger charge is 2.25. The van der Waals surface area contributed by atoms with Crippen LogP contribution in [0.25, 0.3) is 28.3 Å². The van der Waals surface area contributed by atoms with Crippen molar-refractivity contribution in [2.45, 2.75) is 19.0 Å². The molecule has 31 heavy (non-hydrogen) atoms. The molecule has 2 aliphatic rings. The lowest BCUT2D eigenvalue weighted by molar-refractivity contribution is 0.617. The van der Waals surface area contributed by atoms with Gasteiger partial charge in [-0.2, -0.15) is 5.10 Å². The number of benzene rings is 2. The van der Waals surface area contributed by atoms with Crippen LogP contribution in [0.2, 0.25) is 0 Å². The zero-order valence-corrected chi connectivity index (χ0v) is 17.3. The van der Waals surface area contributed by atoms with Gasteiger partial charge in [0.05, 0.1) is 11.4 Å². The van der Waals surface area contributed by atoms with Crippen molar-refractivity contribution in [3.05, 3.63) is 72.4 Å². The molecule has 0 bridgehead atoms. The molecular weight excluding hydrogens is 391 g/mol. The lowest BCUT2D eigenvalue weighted by Gasteiger charge is -2.20. The van der Waals surface area contributed by atoms with Crippen LogP contribution in [-0.2, 0) is 6.54 Å². The summed E-state index contributed by atoms with van der Waals surface area (Å²) in [4.78, 5) is 6.99. The minimum atomic E-state index is -0.229. The molecule has 2 aromatic carbocycles. The van der Waals surface area contributed by atoms with E-state index in [0.717, 1.165) is 54.4 Å². The summed E-state index contributed by atoms with van der Waals surface area (Å²) in [6, 6.07) is 15.9. The molecule has 2 aromatic heterocycles. The first-order valence-electron chi connectivity index (χ1n) is 10.6. The van der Waals surface area contributed by atoms with Crippen LogP contribution in [0.3, 0.4) is 0 Å². The van der Waals surface area contributed by atoms with E-state index in [9.17, 15) is 4.39 Å². The predicted molar refractivity (Wildman–Crippen MR) is 119 cm³/mol. The maximum atomic E-state index is 13.4. The van der Waals surface area contributed by atoms with Crippen LogP contribution in [0.5, 0.6) is 0 Å². The van der Waals surface area contributed by atoms with Gasteiger partial charge >= 0.3 is 0 Å². The molecule has 1 atom stereocenters. The van der Waals surface area contributed by atoms with Gasteiger partial charge in [-0.1, -0.05) is 12.1 Å². The Morgan fingerprint density at radius 2 is 1.94 bits per heavy atom. The van der Waals surface area contributed by atoms with E-state index in [1.807, 2.05) is 23.9 Å². The van der Waals surface area contributed by atoms with Gasteiger partial charge in [0.2, 0.25) is 0 Å². The second-order valence-corrected chi connectivity index (χ2v) is 8.28. The minimum absolute atomic E-state index is 0.229. The molecule has 0 saturated carbocycles. The van der Waals surface area contributed by atoms with Gasteiger partial charge in [0.25, 0.3) is 0 Å². The van der Waals surface area contributed by atoms with E-state index in [2.05, 4.69) is 55.3 Å². The van der Waals surface area contributed by atoms with Crippen LogP contribution in [0.15, 0.2) is 61.1 Å². The summed E-state index contributed by atoms with van der Waals surface area (Å²) in [5.74, 6) is 0.587. The maximum absolute atomic E-state index is 13.4. The van der Waals surface area contributed by atoms with E-state index >= 15 is 0 Å². The number of hydrogen-bond donors (Lipinski definition) is 1. The van der Waals surface area contributed by atoms with Gasteiger partial charge in [-0.05, 0) is 61.0 Å². The Kier molecular flexibility index (Phi) is 4.17. The van der Waals surface area contributed by atoms with Crippen molar-refractivity contribution < 1.29 is 4.39 Å². The minimum Gasteiger partial charge on any atom is -0.370 e. The van der Waals surface area contributed by atoms with Crippen molar-refractivity contribution in [3.8, 4) is 28.3 Å². The highest BCUT2D eigenvalue weighted by atomic mass is 19.1. The average Bonchev–Trinajstić information content (AvgIpc) is 3.52. The second kappa shape index (κ2) is 7.06. The Bertz CT molecular complexity index is 1260. The van der Waals surface area contributed by atoms with Gasteiger partial charge in [-0.15, -0.1) is 0 Å². The molecule has 4 heterocycles. The van der Waals surface area contributed by atoms with Gasteiger partial charge in [0.1, 0.15) is 12.1 Å². The van der Waals surface area contributed by atoms with E-state index in [1.54, 1.807) is 6.33 Å². The lowest BCUT2D eigenvalue weighted by Crippen LogP contribution is -2.29. The molecule has 6 rings (SSSR count). The van der Waals surface area contributed by atoms with E-state index in [-0.39, 0.29) is 5.82 Å². The molecule has 2 aliphatic heterocycles. The number of likely N-dealkylation sites (N-methyl/N-ethyl adjacent to an activating group) is 1. The van der Waals surface area contributed by atoms with E-state index in [0.29, 0.717) is 6.04 Å². The number of halogens is 1. The number of nitrogens with one attached hydrogen (secondary N) is 1. The fourth-order valence-electron chi connectivity index (χ4n) is 4.74. The summed E-state index contributed by atoms with van der Waals surface area (Å²) in [7, 11) is 2.03. The Morgan fingerprint density at radius 3 is 2.74 bits per heavy atom. The van der Waals surface area contributed by atoms with Crippen LogP contribution in [-0.4, -0.2) is 45.5 Å². The Balaban J connectivity index is 1.43. The first-order chi connectivity index (χ1) is 15.2. The third kappa shape index (κ3) is 3.04. The number of anilines is 1. The summed E-state index contributed by atoms with van der Waals surface area (Å²) >= 11 is 0. The van der Waals surface area contributed by atoms with E-state index < -0.39 is 0 Å². The van der Waals surface area contributed by atoms with Crippen molar-refractivity contribution in [3.63, 3.8) is 0 Å². The van der Waals surface area contributed by atoms with Crippen molar-refractivity contribution in [1.29, 1.82) is 0 Å². The van der Waals surface area contributed by atoms with E-state index in [4.69, 9.17) is 0 Å². The fourth-order valence-corrected chi connectivity index (χ4v) is 4.74. The van der Waals surface area contributed by atoms with Crippen molar-refractivity contribution in [1.82, 2.24) is 24.6 Å². The standard InChI is InChI=1S/C24H23FN6/c1-26-20-8-9-29(14-20)21-6-7-22-18(10-21)13-30-12-17(16-2-4-19(25)5-3-16)11-23(30)24-27-15-28-31(22)24/h2-7,10-12,15,20,26H,8-9,13-14H2,1H3. The van der Waals surface area contributed by atoms with Crippen molar-refractivity contribution >= 4 is 5.69 Å². The third-order valence-corrected chi connectivity index (χ3v) is 6.44. The molecule has 6 nitrogen and oxygen atoms in total. The van der Waals surface area contributed by atoms with Crippen LogP contribution in [0.1, 0.15) is 12.0 Å². The smallest absolute Gasteiger partial charge is 0.179 e. The van der Waals surface area contributed by atoms with Crippen molar-refractivity contribution in [2.24, 2.45) is 0 Å². The molecule has 1 N–H and O–H groups in total. The summed E-state index contributed by atoms with van der Waals surface area (Å²) in [6.07, 6.45) is 4.88. The highest BCUT2D eigenvalue weighted by molar-refractivity contribution is 5.71. The molecule has 0 aliphatic carbocycles. The number of fused-ring (bicyclic) bond motifs is 5. The van der Waals surface area contributed by atoms with Gasteiger partial charge < -0.3 is 14.8 Å². The lowest BCUT2D eigenvalue weighted by atomic mass is 10.1. The average molecular weight is 414 g/mol. The Morgan fingerprint density at radius 1 is 1.06 bits per heavy atom. The van der Waals surface area contributed by atoms with E-state index in [1.165, 1.54) is 23.4 Å². The molecule has 0 amide bonds. The normalized spacial score (nSPS) is 17.2. The van der Waals surface area contributed by atoms with Crippen LogP contribution in [0.4, 0.5) is 10.1 Å². The molecule has 4 aromatic rings. The largest absolute Gasteiger partial charge is 0.370 e. The SMILES string of the molecule is CNC1CCN(c2ccc3c(c2)Cn2cc(-c4ccc(F)cc4)cc2-c2ncnn2-3)C1. The highest BCUT2D eigenvalue weighted by Crippen LogP contribution is 2.35. The molecule has 1 saturated heterocycles. The summed E-state index contributed by atoms with van der Waals surface area (Å²) in [5.41, 5.74) is 6.54. The Hall–Kier alpha value is -3.45. The number of hydrogen-bond acceptors (Lipinski definition) is 4. The van der Waals surface area contributed by atoms with Gasteiger partial charge in [-0.25, -0.2) is 14.1 Å². The first kappa shape index (κ1) is 18.3. The summed E-state index contributed by atoms with van der Waals surface area (Å²) < 4.78 is 17.5. The number of rotatable bonds is 3. The summed E-state index contributed by atoms with van der Waals surface area (Å²) in [6.45, 7) is 2.81. The first-order valence-corrected chi connectivity index (χ1v) is 10.6. The molecule has 1 unspecified atom stereocenters. The molecule has 0 radical (unpaired) electrons. The zero-order chi connectivity index (χ0) is 20.9. The van der Waals surface area contributed by atoms with Gasteiger partial charge in [-0.3, -0.25) is 0 Å². The van der Waals surface area contributed by atoms with Crippen LogP contribution >= 0.6 is 0 Å². The third-order valence-electron chi connectivity index (χ3n) is 6.44. The topological polar surface area (TPSA) is 50.9 Å². The summed E-state index contributed by atoms with van der Waals surface area (Å²) in [5, 5.41) is 7.91. The molecule has 7 heteroatoms. The Labute approximate surface area is 180 Å². The van der Waals surface area contributed by atoms with Crippen LogP contribution in [0, 0.1) is 5.82 Å². The number of aromatic nitrogens is 4. The van der Waals surface area contributed by atoms with Gasteiger partial charge in [0, 0.05) is 43.1 Å². The zero-order valence-electron chi connectivity index (χ0n) is 17.3. The molecule has 156 valence electrons. The molecule has 0 spiro atoms. The fraction of sp³-hybridized carbons (Fsp3) is 0.250. The maximum Gasteiger partial charge on any atom is 0.179 e. The van der Waals surface area contributed by atoms with Crippen LogP contribution < -0.4 is 10.2 Å². The quantitative estimate of drug-likeness (QED) is 0.489.